The first-order valence-electron chi connectivity index (χ1n) is 8.72. The highest BCUT2D eigenvalue weighted by molar-refractivity contribution is 14.2. The Morgan fingerprint density at radius 2 is 2.26 bits per heavy atom. The molecule has 0 aromatic carbocycles. The molecule has 3 rings (SSSR count). The molecule has 1 saturated carbocycles. The van der Waals surface area contributed by atoms with E-state index in [0.717, 1.165) is 42.3 Å². The Kier molecular flexibility index (Phi) is 9.24. The number of nitrogens with zero attached hydrogens (tertiary/aromatic N) is 3. The fourth-order valence-corrected chi connectivity index (χ4v) is 3.53. The van der Waals surface area contributed by atoms with Crippen LogP contribution in [0.2, 0.25) is 0 Å². The first-order valence-corrected chi connectivity index (χ1v) is 12.0. The van der Waals surface area contributed by atoms with Crippen molar-refractivity contribution in [3.05, 3.63) is 24.3 Å². The summed E-state index contributed by atoms with van der Waals surface area (Å²) in [6.45, 7) is 3.91. The SMILES string of the molecule is CCCOC.NN/C=C(\N)Nc1nc(NCC2CC2)c2ccn(SI)c2n1. The van der Waals surface area contributed by atoms with E-state index in [9.17, 15) is 0 Å². The van der Waals surface area contributed by atoms with Crippen LogP contribution < -0.4 is 27.6 Å². The summed E-state index contributed by atoms with van der Waals surface area (Å²) >= 11 is 2.22. The largest absolute Gasteiger partial charge is 0.385 e. The number of fused-ring (bicyclic) bond motifs is 1. The number of ether oxygens (including phenoxy) is 1. The molecule has 9 nitrogen and oxygen atoms in total. The maximum absolute atomic E-state index is 5.78. The molecule has 0 saturated heterocycles. The molecule has 7 N–H and O–H groups in total. The van der Waals surface area contributed by atoms with E-state index in [0.29, 0.717) is 11.8 Å². The summed E-state index contributed by atoms with van der Waals surface area (Å²) in [5.74, 6) is 7.56. The van der Waals surface area contributed by atoms with Gasteiger partial charge in [-0.05, 0) is 31.2 Å². The van der Waals surface area contributed by atoms with Gasteiger partial charge in [-0.3, -0.25) is 9.82 Å². The molecule has 2 heterocycles. The lowest BCUT2D eigenvalue weighted by Crippen LogP contribution is -2.21. The van der Waals surface area contributed by atoms with Crippen LogP contribution in [0.3, 0.4) is 0 Å². The van der Waals surface area contributed by atoms with Gasteiger partial charge in [0.15, 0.2) is 5.65 Å². The zero-order valence-electron chi connectivity index (χ0n) is 15.5. The molecule has 11 heteroatoms. The van der Waals surface area contributed by atoms with Gasteiger partial charge < -0.3 is 26.5 Å². The molecule has 0 aliphatic heterocycles. The molecule has 150 valence electrons. The van der Waals surface area contributed by atoms with E-state index in [-0.39, 0.29) is 0 Å². The Balaban J connectivity index is 0.000000465. The molecule has 0 atom stereocenters. The normalized spacial score (nSPS) is 13.9. The lowest BCUT2D eigenvalue weighted by molar-refractivity contribution is 0.199. The molecule has 0 amide bonds. The second-order valence-electron chi connectivity index (χ2n) is 6.05. The van der Waals surface area contributed by atoms with E-state index in [2.05, 4.69) is 54.2 Å². The summed E-state index contributed by atoms with van der Waals surface area (Å²) in [4.78, 5) is 9.04. The Morgan fingerprint density at radius 3 is 2.81 bits per heavy atom. The van der Waals surface area contributed by atoms with E-state index in [4.69, 9.17) is 16.3 Å². The molecule has 2 aromatic rings. The second kappa shape index (κ2) is 11.4. The second-order valence-corrected chi connectivity index (χ2v) is 7.77. The zero-order valence-corrected chi connectivity index (χ0v) is 18.5. The molecule has 1 aliphatic rings. The number of anilines is 2. The molecule has 0 radical (unpaired) electrons. The van der Waals surface area contributed by atoms with E-state index < -0.39 is 0 Å². The maximum atomic E-state index is 5.78. The Bertz CT molecular complexity index is 747. The third-order valence-corrected chi connectivity index (χ3v) is 5.46. The van der Waals surface area contributed by atoms with Crippen LogP contribution in [0.25, 0.3) is 11.0 Å². The van der Waals surface area contributed by atoms with Crippen molar-refractivity contribution in [1.82, 2.24) is 19.4 Å². The standard InChI is InChI=1S/C12H17IN8S.C4H10O/c13-22-21-4-3-8-10(16-5-7-1-2-7)19-12(20-11(8)21)18-9(14)6-17-15;1-3-4-5-2/h3-4,6-7,17H,1-2,5,14-15H2,(H2,16,18,19,20);3-4H2,1-2H3/b9-6+;. The highest BCUT2D eigenvalue weighted by Gasteiger charge is 2.22. The lowest BCUT2D eigenvalue weighted by atomic mass is 10.3. The molecule has 1 fully saturated rings. The van der Waals surface area contributed by atoms with Crippen LogP contribution >= 0.6 is 30.3 Å². The van der Waals surface area contributed by atoms with Gasteiger partial charge in [0.25, 0.3) is 0 Å². The number of nitrogens with two attached hydrogens (primary N) is 2. The summed E-state index contributed by atoms with van der Waals surface area (Å²) in [6.07, 6.45) is 7.11. The van der Waals surface area contributed by atoms with Crippen molar-refractivity contribution in [2.45, 2.75) is 26.2 Å². The summed E-state index contributed by atoms with van der Waals surface area (Å²) in [5, 5.41) is 7.34. The third kappa shape index (κ3) is 6.90. The van der Waals surface area contributed by atoms with Crippen LogP contribution in [0.4, 0.5) is 11.8 Å². The predicted octanol–water partition coefficient (Wildman–Crippen LogP) is 2.78. The molecular formula is C16H27IN8OS. The number of aromatic nitrogens is 3. The van der Waals surface area contributed by atoms with Gasteiger partial charge >= 0.3 is 0 Å². The van der Waals surface area contributed by atoms with Gasteiger partial charge in [0, 0.05) is 56.8 Å². The molecule has 0 unspecified atom stereocenters. The molecule has 0 spiro atoms. The summed E-state index contributed by atoms with van der Waals surface area (Å²) in [6, 6.07) is 2.01. The van der Waals surface area contributed by atoms with Crippen molar-refractivity contribution in [3.63, 3.8) is 0 Å². The van der Waals surface area contributed by atoms with Crippen molar-refractivity contribution in [2.75, 3.05) is 30.9 Å². The average molecular weight is 506 g/mol. The molecule has 1 aliphatic carbocycles. The van der Waals surface area contributed by atoms with Crippen LogP contribution in [-0.4, -0.2) is 34.2 Å². The molecule has 2 aromatic heterocycles. The van der Waals surface area contributed by atoms with E-state index in [1.54, 1.807) is 16.2 Å². The Labute approximate surface area is 175 Å². The monoisotopic (exact) mass is 506 g/mol. The van der Waals surface area contributed by atoms with Crippen molar-refractivity contribution >= 4 is 53.1 Å². The minimum atomic E-state index is 0.343. The fourth-order valence-electron chi connectivity index (χ4n) is 2.26. The number of methoxy groups -OCH3 is 1. The topological polar surface area (TPSA) is 128 Å². The van der Waals surface area contributed by atoms with E-state index >= 15 is 0 Å². The molecule has 27 heavy (non-hydrogen) atoms. The van der Waals surface area contributed by atoms with E-state index in [1.807, 2.05) is 16.2 Å². The van der Waals surface area contributed by atoms with Gasteiger partial charge in [0.1, 0.15) is 11.6 Å². The van der Waals surface area contributed by atoms with Gasteiger partial charge in [-0.2, -0.15) is 9.97 Å². The highest BCUT2D eigenvalue weighted by atomic mass is 127. The number of rotatable bonds is 9. The minimum Gasteiger partial charge on any atom is -0.385 e. The van der Waals surface area contributed by atoms with Crippen LogP contribution in [0.5, 0.6) is 0 Å². The average Bonchev–Trinajstić information content (AvgIpc) is 3.39. The van der Waals surface area contributed by atoms with Crippen molar-refractivity contribution in [1.29, 1.82) is 0 Å². The van der Waals surface area contributed by atoms with Crippen LogP contribution in [0, 0.1) is 5.92 Å². The number of halogens is 1. The van der Waals surface area contributed by atoms with Crippen LogP contribution in [0.1, 0.15) is 26.2 Å². The first-order chi connectivity index (χ1) is 13.1. The maximum Gasteiger partial charge on any atom is 0.232 e. The first kappa shape index (κ1) is 21.9. The number of nitrogens with one attached hydrogen (secondary N) is 3. The predicted molar refractivity (Wildman–Crippen MR) is 121 cm³/mol. The van der Waals surface area contributed by atoms with E-state index in [1.165, 1.54) is 19.0 Å². The number of hydrogen-bond donors (Lipinski definition) is 5. The quantitative estimate of drug-likeness (QED) is 0.198. The van der Waals surface area contributed by atoms with Gasteiger partial charge in [0.05, 0.1) is 11.6 Å². The van der Waals surface area contributed by atoms with Crippen LogP contribution in [0.15, 0.2) is 24.3 Å². The van der Waals surface area contributed by atoms with Crippen molar-refractivity contribution in [3.8, 4) is 0 Å². The highest BCUT2D eigenvalue weighted by Crippen LogP contribution is 2.32. The summed E-state index contributed by atoms with van der Waals surface area (Å²) < 4.78 is 6.67. The number of hydrogen-bond acceptors (Lipinski definition) is 9. The zero-order chi connectivity index (χ0) is 19.6. The third-order valence-electron chi connectivity index (χ3n) is 3.74. The smallest absolute Gasteiger partial charge is 0.232 e. The summed E-state index contributed by atoms with van der Waals surface area (Å²) in [5.41, 5.74) is 8.99. The number of hydrazine groups is 1. The van der Waals surface area contributed by atoms with Gasteiger partial charge in [-0.25, -0.2) is 0 Å². The fraction of sp³-hybridized carbons (Fsp3) is 0.500. The van der Waals surface area contributed by atoms with Crippen molar-refractivity contribution in [2.24, 2.45) is 17.5 Å². The van der Waals surface area contributed by atoms with Crippen LogP contribution in [-0.2, 0) is 4.74 Å². The lowest BCUT2D eigenvalue weighted by Gasteiger charge is -2.10. The van der Waals surface area contributed by atoms with Gasteiger partial charge in [-0.15, -0.1) is 0 Å². The molecular weight excluding hydrogens is 479 g/mol. The Hall–Kier alpha value is -1.44. The van der Waals surface area contributed by atoms with Gasteiger partial charge in [-0.1, -0.05) is 6.92 Å². The molecule has 0 bridgehead atoms. The van der Waals surface area contributed by atoms with Crippen molar-refractivity contribution < 1.29 is 4.74 Å². The summed E-state index contributed by atoms with van der Waals surface area (Å²) in [7, 11) is 3.26. The minimum absolute atomic E-state index is 0.343. The Morgan fingerprint density at radius 1 is 1.48 bits per heavy atom. The van der Waals surface area contributed by atoms with Gasteiger partial charge in [0.2, 0.25) is 5.95 Å².